The third-order valence-electron chi connectivity index (χ3n) is 4.85. The van der Waals surface area contributed by atoms with E-state index in [2.05, 4.69) is 10.6 Å². The Morgan fingerprint density at radius 1 is 1.14 bits per heavy atom. The van der Waals surface area contributed by atoms with Crippen LogP contribution in [0.15, 0.2) is 24.3 Å². The first-order valence-corrected chi connectivity index (χ1v) is 9.91. The zero-order valence-corrected chi connectivity index (χ0v) is 17.2. The lowest BCUT2D eigenvalue weighted by Crippen LogP contribution is -2.54. The number of ether oxygens (including phenoxy) is 1. The third-order valence-corrected chi connectivity index (χ3v) is 4.85. The van der Waals surface area contributed by atoms with Crippen LogP contribution in [0.1, 0.15) is 50.9 Å². The normalized spacial score (nSPS) is 15.8. The molecule has 1 unspecified atom stereocenters. The number of likely N-dealkylation sites (tertiary alicyclic amines) is 1. The molecule has 1 aromatic carbocycles. The number of amides is 3. The molecular formula is C21H31N3O4. The summed E-state index contributed by atoms with van der Waals surface area (Å²) in [4.78, 5) is 38.3. The van der Waals surface area contributed by atoms with Crippen molar-refractivity contribution in [3.05, 3.63) is 29.8 Å². The Morgan fingerprint density at radius 2 is 1.75 bits per heavy atom. The van der Waals surface area contributed by atoms with Crippen LogP contribution >= 0.6 is 0 Å². The van der Waals surface area contributed by atoms with Crippen molar-refractivity contribution in [1.29, 1.82) is 0 Å². The first kappa shape index (κ1) is 21.7. The summed E-state index contributed by atoms with van der Waals surface area (Å²) in [6, 6.07) is 6.63. The molecule has 0 bridgehead atoms. The minimum Gasteiger partial charge on any atom is -0.494 e. The van der Waals surface area contributed by atoms with E-state index in [1.165, 1.54) is 6.92 Å². The van der Waals surface area contributed by atoms with Crippen LogP contribution in [-0.4, -0.2) is 54.4 Å². The number of piperidine rings is 1. The second kappa shape index (κ2) is 10.1. The van der Waals surface area contributed by atoms with Gasteiger partial charge in [-0.15, -0.1) is 0 Å². The highest BCUT2D eigenvalue weighted by molar-refractivity contribution is 5.94. The number of hydrogen-bond donors (Lipinski definition) is 2. The summed E-state index contributed by atoms with van der Waals surface area (Å²) in [6.45, 7) is 8.89. The van der Waals surface area contributed by atoms with Crippen LogP contribution in [0.5, 0.6) is 5.75 Å². The molecule has 0 saturated carbocycles. The van der Waals surface area contributed by atoms with Crippen LogP contribution in [-0.2, 0) is 9.59 Å². The molecule has 2 N–H and O–H groups in total. The number of hydrogen-bond acceptors (Lipinski definition) is 4. The van der Waals surface area contributed by atoms with E-state index in [1.54, 1.807) is 24.3 Å². The maximum Gasteiger partial charge on any atom is 0.253 e. The Balaban J connectivity index is 1.87. The molecule has 2 rings (SSSR count). The van der Waals surface area contributed by atoms with Crippen molar-refractivity contribution in [2.45, 2.75) is 52.6 Å². The van der Waals surface area contributed by atoms with Crippen LogP contribution in [0.2, 0.25) is 0 Å². The van der Waals surface area contributed by atoms with E-state index in [1.807, 2.05) is 25.7 Å². The van der Waals surface area contributed by atoms with Gasteiger partial charge in [-0.1, -0.05) is 13.8 Å². The Morgan fingerprint density at radius 3 is 2.25 bits per heavy atom. The van der Waals surface area contributed by atoms with Gasteiger partial charge in [0.05, 0.1) is 6.61 Å². The van der Waals surface area contributed by atoms with E-state index >= 15 is 0 Å². The van der Waals surface area contributed by atoms with Crippen molar-refractivity contribution in [2.75, 3.05) is 19.7 Å². The third kappa shape index (κ3) is 5.97. The van der Waals surface area contributed by atoms with Gasteiger partial charge in [-0.3, -0.25) is 14.4 Å². The van der Waals surface area contributed by atoms with E-state index in [9.17, 15) is 14.4 Å². The Labute approximate surface area is 166 Å². The molecule has 0 aromatic heterocycles. The molecular weight excluding hydrogens is 358 g/mol. The monoisotopic (exact) mass is 389 g/mol. The van der Waals surface area contributed by atoms with Gasteiger partial charge < -0.3 is 20.3 Å². The lowest BCUT2D eigenvalue weighted by atomic mass is 10.00. The van der Waals surface area contributed by atoms with E-state index in [-0.39, 0.29) is 29.7 Å². The maximum absolute atomic E-state index is 12.7. The Hall–Kier alpha value is -2.57. The molecule has 154 valence electrons. The minimum atomic E-state index is -0.541. The van der Waals surface area contributed by atoms with Crippen LogP contribution in [0.3, 0.4) is 0 Å². The molecule has 1 aliphatic rings. The SMILES string of the molecule is CCOc1ccc(C(=O)N2CCC(NC(=O)C(NC(C)=O)C(C)C)CC2)cc1. The lowest BCUT2D eigenvalue weighted by molar-refractivity contribution is -0.129. The number of rotatable bonds is 7. The van der Waals surface area contributed by atoms with E-state index in [4.69, 9.17) is 4.74 Å². The van der Waals surface area contributed by atoms with Crippen molar-refractivity contribution >= 4 is 17.7 Å². The quantitative estimate of drug-likeness (QED) is 0.746. The second-order valence-corrected chi connectivity index (χ2v) is 7.45. The Bertz CT molecular complexity index is 679. The average molecular weight is 389 g/mol. The lowest BCUT2D eigenvalue weighted by Gasteiger charge is -2.33. The van der Waals surface area contributed by atoms with Crippen LogP contribution < -0.4 is 15.4 Å². The average Bonchev–Trinajstić information content (AvgIpc) is 2.66. The minimum absolute atomic E-state index is 0.00484. The summed E-state index contributed by atoms with van der Waals surface area (Å²) < 4.78 is 5.41. The largest absolute Gasteiger partial charge is 0.494 e. The van der Waals surface area contributed by atoms with Crippen molar-refractivity contribution in [3.63, 3.8) is 0 Å². The van der Waals surface area contributed by atoms with Gasteiger partial charge in [0.25, 0.3) is 5.91 Å². The van der Waals surface area contributed by atoms with Crippen molar-refractivity contribution < 1.29 is 19.1 Å². The first-order valence-electron chi connectivity index (χ1n) is 9.91. The zero-order chi connectivity index (χ0) is 20.7. The summed E-state index contributed by atoms with van der Waals surface area (Å²) in [6.07, 6.45) is 1.39. The smallest absolute Gasteiger partial charge is 0.253 e. The molecule has 7 nitrogen and oxygen atoms in total. The molecule has 7 heteroatoms. The van der Waals surface area contributed by atoms with Gasteiger partial charge in [0.2, 0.25) is 11.8 Å². The van der Waals surface area contributed by atoms with E-state index in [0.717, 1.165) is 5.75 Å². The highest BCUT2D eigenvalue weighted by atomic mass is 16.5. The highest BCUT2D eigenvalue weighted by Crippen LogP contribution is 2.17. The van der Waals surface area contributed by atoms with Crippen molar-refractivity contribution in [3.8, 4) is 5.75 Å². The Kier molecular flexibility index (Phi) is 7.84. The standard InChI is InChI=1S/C21H31N3O4/c1-5-28-18-8-6-16(7-9-18)21(27)24-12-10-17(11-13-24)23-20(26)19(14(2)3)22-15(4)25/h6-9,14,17,19H,5,10-13H2,1-4H3,(H,22,25)(H,23,26). The molecule has 1 heterocycles. The first-order chi connectivity index (χ1) is 13.3. The summed E-state index contributed by atoms with van der Waals surface area (Å²) in [5, 5.41) is 5.72. The summed E-state index contributed by atoms with van der Waals surface area (Å²) in [7, 11) is 0. The van der Waals surface area contributed by atoms with Crippen LogP contribution in [0.25, 0.3) is 0 Å². The van der Waals surface area contributed by atoms with Gasteiger partial charge >= 0.3 is 0 Å². The van der Waals surface area contributed by atoms with Crippen LogP contribution in [0.4, 0.5) is 0 Å². The number of benzene rings is 1. The molecule has 1 saturated heterocycles. The van der Waals surface area contributed by atoms with Crippen molar-refractivity contribution in [1.82, 2.24) is 15.5 Å². The fraction of sp³-hybridized carbons (Fsp3) is 0.571. The highest BCUT2D eigenvalue weighted by Gasteiger charge is 2.28. The fourth-order valence-electron chi connectivity index (χ4n) is 3.31. The van der Waals surface area contributed by atoms with Gasteiger partial charge in [-0.2, -0.15) is 0 Å². The number of carbonyl (C=O) groups is 3. The topological polar surface area (TPSA) is 87.7 Å². The number of carbonyl (C=O) groups excluding carboxylic acids is 3. The van der Waals surface area contributed by atoms with Gasteiger partial charge in [0.1, 0.15) is 11.8 Å². The van der Waals surface area contributed by atoms with Gasteiger partial charge in [0, 0.05) is 31.6 Å². The molecule has 0 radical (unpaired) electrons. The summed E-state index contributed by atoms with van der Waals surface area (Å²) in [5.41, 5.74) is 0.636. The molecule has 1 atom stereocenters. The number of nitrogens with zero attached hydrogens (tertiary/aromatic N) is 1. The fourth-order valence-corrected chi connectivity index (χ4v) is 3.31. The molecule has 0 aliphatic carbocycles. The molecule has 0 spiro atoms. The van der Waals surface area contributed by atoms with Crippen LogP contribution in [0, 0.1) is 5.92 Å². The molecule has 1 aromatic rings. The molecule has 3 amide bonds. The predicted octanol–water partition coefficient (Wildman–Crippen LogP) is 1.97. The zero-order valence-electron chi connectivity index (χ0n) is 17.2. The second-order valence-electron chi connectivity index (χ2n) is 7.45. The molecule has 1 fully saturated rings. The van der Waals surface area contributed by atoms with Gasteiger partial charge in [-0.25, -0.2) is 0 Å². The molecule has 28 heavy (non-hydrogen) atoms. The van der Waals surface area contributed by atoms with Crippen molar-refractivity contribution in [2.24, 2.45) is 5.92 Å². The van der Waals surface area contributed by atoms with E-state index in [0.29, 0.717) is 38.1 Å². The summed E-state index contributed by atoms with van der Waals surface area (Å²) >= 11 is 0. The maximum atomic E-state index is 12.7. The summed E-state index contributed by atoms with van der Waals surface area (Å²) in [5.74, 6) is 0.363. The predicted molar refractivity (Wildman–Crippen MR) is 107 cm³/mol. The van der Waals surface area contributed by atoms with E-state index < -0.39 is 6.04 Å². The number of nitrogens with one attached hydrogen (secondary N) is 2. The van der Waals surface area contributed by atoms with Gasteiger partial charge in [-0.05, 0) is 49.9 Å². The molecule has 1 aliphatic heterocycles. The van der Waals surface area contributed by atoms with Gasteiger partial charge in [0.15, 0.2) is 0 Å².